The van der Waals surface area contributed by atoms with E-state index >= 15 is 0 Å². The summed E-state index contributed by atoms with van der Waals surface area (Å²) in [5.74, 6) is 0.608. The van der Waals surface area contributed by atoms with Crippen LogP contribution in [-0.4, -0.2) is 17.2 Å². The maximum Gasteiger partial charge on any atom is 0.294 e. The molecule has 18 heavy (non-hydrogen) atoms. The molecule has 2 bridgehead atoms. The fourth-order valence-corrected chi connectivity index (χ4v) is 3.89. The van der Waals surface area contributed by atoms with Crippen LogP contribution in [0.3, 0.4) is 0 Å². The molecular formula is C13H22N2O3. The van der Waals surface area contributed by atoms with Gasteiger partial charge in [-0.15, -0.1) is 10.1 Å². The van der Waals surface area contributed by atoms with Gasteiger partial charge in [0.05, 0.1) is 0 Å². The summed E-state index contributed by atoms with van der Waals surface area (Å²) in [6.45, 7) is 4.36. The second-order valence-corrected chi connectivity index (χ2v) is 6.34. The molecule has 0 saturated heterocycles. The summed E-state index contributed by atoms with van der Waals surface area (Å²) >= 11 is 0. The second kappa shape index (κ2) is 4.53. The number of hydrogen-bond donors (Lipinski definition) is 1. The molecule has 0 radical (unpaired) electrons. The zero-order valence-electron chi connectivity index (χ0n) is 11.1. The Morgan fingerprint density at radius 3 is 3.00 bits per heavy atom. The van der Waals surface area contributed by atoms with Gasteiger partial charge in [0.1, 0.15) is 6.61 Å². The van der Waals surface area contributed by atoms with Crippen molar-refractivity contribution in [2.75, 3.05) is 6.61 Å². The van der Waals surface area contributed by atoms with Crippen molar-refractivity contribution in [2.24, 2.45) is 17.1 Å². The third-order valence-corrected chi connectivity index (χ3v) is 4.22. The summed E-state index contributed by atoms with van der Waals surface area (Å²) in [7, 11) is 0. The van der Waals surface area contributed by atoms with E-state index in [1.165, 1.54) is 5.57 Å². The van der Waals surface area contributed by atoms with Crippen LogP contribution >= 0.6 is 0 Å². The van der Waals surface area contributed by atoms with Gasteiger partial charge in [0.15, 0.2) is 0 Å². The van der Waals surface area contributed by atoms with Crippen LogP contribution in [0.15, 0.2) is 11.6 Å². The lowest BCUT2D eigenvalue weighted by Gasteiger charge is -2.49. The smallest absolute Gasteiger partial charge is 0.294 e. The Morgan fingerprint density at radius 2 is 2.39 bits per heavy atom. The SMILES string of the molecule is CCC1CC2=CC(C)(N)CC(CO[N+](=O)[O-])(C2)C1. The molecule has 0 spiro atoms. The molecule has 0 aromatic carbocycles. The first-order chi connectivity index (χ1) is 8.34. The van der Waals surface area contributed by atoms with E-state index in [1.54, 1.807) is 0 Å². The van der Waals surface area contributed by atoms with E-state index in [1.807, 2.05) is 6.92 Å². The summed E-state index contributed by atoms with van der Waals surface area (Å²) in [4.78, 5) is 15.1. The summed E-state index contributed by atoms with van der Waals surface area (Å²) in [5, 5.41) is 9.77. The molecule has 2 aliphatic carbocycles. The average Bonchev–Trinajstić information content (AvgIpc) is 2.23. The van der Waals surface area contributed by atoms with E-state index in [0.29, 0.717) is 5.92 Å². The number of rotatable bonds is 4. The Labute approximate surface area is 107 Å². The van der Waals surface area contributed by atoms with Crippen molar-refractivity contribution in [3.05, 3.63) is 21.8 Å². The number of hydrogen-bond acceptors (Lipinski definition) is 4. The van der Waals surface area contributed by atoms with Crippen LogP contribution in [0.1, 0.15) is 46.0 Å². The molecule has 2 rings (SSSR count). The first-order valence-corrected chi connectivity index (χ1v) is 6.61. The molecule has 1 saturated carbocycles. The lowest BCUT2D eigenvalue weighted by Crippen LogP contribution is -2.49. The normalized spacial score (nSPS) is 39.1. The van der Waals surface area contributed by atoms with E-state index in [-0.39, 0.29) is 17.6 Å². The first kappa shape index (κ1) is 13.3. The number of fused-ring (bicyclic) bond motifs is 2. The van der Waals surface area contributed by atoms with Crippen molar-refractivity contribution in [1.82, 2.24) is 0 Å². The Bertz CT molecular complexity index is 378. The van der Waals surface area contributed by atoms with E-state index in [9.17, 15) is 10.1 Å². The highest BCUT2D eigenvalue weighted by Crippen LogP contribution is 2.51. The van der Waals surface area contributed by atoms with Crippen LogP contribution in [-0.2, 0) is 4.84 Å². The Morgan fingerprint density at radius 1 is 1.67 bits per heavy atom. The molecule has 0 aromatic rings. The van der Waals surface area contributed by atoms with Gasteiger partial charge in [0.25, 0.3) is 5.09 Å². The van der Waals surface area contributed by atoms with Crippen LogP contribution in [0.25, 0.3) is 0 Å². The van der Waals surface area contributed by atoms with E-state index in [2.05, 4.69) is 17.8 Å². The third-order valence-electron chi connectivity index (χ3n) is 4.22. The largest absolute Gasteiger partial charge is 0.322 e. The molecule has 5 nitrogen and oxygen atoms in total. The maximum atomic E-state index is 10.4. The molecule has 2 aliphatic rings. The molecule has 3 unspecified atom stereocenters. The van der Waals surface area contributed by atoms with E-state index in [0.717, 1.165) is 32.1 Å². The summed E-state index contributed by atoms with van der Waals surface area (Å²) < 4.78 is 0. The van der Waals surface area contributed by atoms with Crippen molar-refractivity contribution in [2.45, 2.75) is 51.5 Å². The van der Waals surface area contributed by atoms with Crippen LogP contribution in [0.5, 0.6) is 0 Å². The first-order valence-electron chi connectivity index (χ1n) is 6.61. The molecule has 0 amide bonds. The zero-order valence-corrected chi connectivity index (χ0v) is 11.1. The topological polar surface area (TPSA) is 78.4 Å². The molecule has 0 aromatic heterocycles. The monoisotopic (exact) mass is 254 g/mol. The molecule has 2 N–H and O–H groups in total. The Balaban J connectivity index is 2.20. The quantitative estimate of drug-likeness (QED) is 0.475. The lowest BCUT2D eigenvalue weighted by atomic mass is 9.59. The number of nitrogens with zero attached hydrogens (tertiary/aromatic N) is 1. The highest BCUT2D eigenvalue weighted by Gasteiger charge is 2.45. The summed E-state index contributed by atoms with van der Waals surface area (Å²) in [6.07, 6.45) is 7.03. The third kappa shape index (κ3) is 2.83. The van der Waals surface area contributed by atoms with Gasteiger partial charge in [-0.3, -0.25) is 0 Å². The van der Waals surface area contributed by atoms with Crippen LogP contribution in [0.2, 0.25) is 0 Å². The van der Waals surface area contributed by atoms with Crippen LogP contribution in [0.4, 0.5) is 0 Å². The standard InChI is InChI=1S/C13H22N2O3/c1-3-10-4-11-5-12(2,14)8-13(6-10,7-11)9-18-15(16)17/h5,10H,3-4,6-9,14H2,1-2H3. The minimum Gasteiger partial charge on any atom is -0.322 e. The number of nitrogens with two attached hydrogens (primary N) is 1. The molecule has 3 atom stereocenters. The Hall–Kier alpha value is -1.10. The van der Waals surface area contributed by atoms with Crippen molar-refractivity contribution in [3.8, 4) is 0 Å². The lowest BCUT2D eigenvalue weighted by molar-refractivity contribution is -0.761. The predicted molar refractivity (Wildman–Crippen MR) is 68.3 cm³/mol. The molecule has 0 aliphatic heterocycles. The minimum absolute atomic E-state index is 0.139. The molecule has 0 heterocycles. The van der Waals surface area contributed by atoms with Gasteiger partial charge in [0.2, 0.25) is 0 Å². The Kier molecular flexibility index (Phi) is 3.36. The predicted octanol–water partition coefficient (Wildman–Crippen LogP) is 2.44. The minimum atomic E-state index is -0.684. The van der Waals surface area contributed by atoms with Gasteiger partial charge in [-0.1, -0.05) is 25.0 Å². The van der Waals surface area contributed by atoms with Gasteiger partial charge >= 0.3 is 0 Å². The van der Waals surface area contributed by atoms with Gasteiger partial charge in [-0.2, -0.15) is 0 Å². The van der Waals surface area contributed by atoms with Gasteiger partial charge in [-0.05, 0) is 38.5 Å². The average molecular weight is 254 g/mol. The highest BCUT2D eigenvalue weighted by atomic mass is 16.9. The van der Waals surface area contributed by atoms with Gasteiger partial charge in [-0.25, -0.2) is 0 Å². The van der Waals surface area contributed by atoms with E-state index in [4.69, 9.17) is 5.73 Å². The van der Waals surface area contributed by atoms with Gasteiger partial charge < -0.3 is 10.6 Å². The fraction of sp³-hybridized carbons (Fsp3) is 0.846. The molecule has 102 valence electrons. The fourth-order valence-electron chi connectivity index (χ4n) is 3.89. The van der Waals surface area contributed by atoms with Crippen molar-refractivity contribution < 1.29 is 9.92 Å². The van der Waals surface area contributed by atoms with Crippen LogP contribution < -0.4 is 5.73 Å². The second-order valence-electron chi connectivity index (χ2n) is 6.34. The van der Waals surface area contributed by atoms with Crippen LogP contribution in [0, 0.1) is 21.4 Å². The van der Waals surface area contributed by atoms with Crippen molar-refractivity contribution >= 4 is 0 Å². The zero-order chi connectivity index (χ0) is 13.4. The van der Waals surface area contributed by atoms with Crippen molar-refractivity contribution in [3.63, 3.8) is 0 Å². The summed E-state index contributed by atoms with van der Waals surface area (Å²) in [5.41, 5.74) is 7.11. The number of allylic oxidation sites excluding steroid dienone is 1. The van der Waals surface area contributed by atoms with E-state index < -0.39 is 5.09 Å². The van der Waals surface area contributed by atoms with Crippen molar-refractivity contribution in [1.29, 1.82) is 0 Å². The molecule has 5 heteroatoms. The molecular weight excluding hydrogens is 232 g/mol. The highest BCUT2D eigenvalue weighted by molar-refractivity contribution is 5.23. The molecule has 1 fully saturated rings. The maximum absolute atomic E-state index is 10.4. The van der Waals surface area contributed by atoms with Gasteiger partial charge in [0, 0.05) is 11.0 Å². The summed E-state index contributed by atoms with van der Waals surface area (Å²) in [6, 6.07) is 0.